The van der Waals surface area contributed by atoms with Crippen LogP contribution in [0.3, 0.4) is 0 Å². The van der Waals surface area contributed by atoms with Crippen molar-refractivity contribution >= 4 is 30.0 Å². The number of rotatable bonds is 8. The molecular weight excluding hydrogens is 180 g/mol. The van der Waals surface area contributed by atoms with Crippen LogP contribution < -0.4 is 0 Å². The standard InChI is InChI=1S/C8H16Si3/c9-5-1-3-7-11-8-4-2-6-10/h1-8H2. The van der Waals surface area contributed by atoms with Crippen molar-refractivity contribution in [3.63, 3.8) is 0 Å². The van der Waals surface area contributed by atoms with Crippen LogP contribution in [-0.4, -0.2) is 30.0 Å². The topological polar surface area (TPSA) is 0 Å². The zero-order valence-corrected chi connectivity index (χ0v) is 10.2. The highest BCUT2D eigenvalue weighted by Crippen LogP contribution is 2.03. The molecule has 0 aliphatic carbocycles. The lowest BCUT2D eigenvalue weighted by Crippen LogP contribution is -1.89. The van der Waals surface area contributed by atoms with Crippen molar-refractivity contribution in [3.8, 4) is 0 Å². The average Bonchev–Trinajstić information content (AvgIpc) is 2.03. The molecule has 11 heavy (non-hydrogen) atoms. The van der Waals surface area contributed by atoms with Crippen molar-refractivity contribution in [2.75, 3.05) is 0 Å². The Balaban J connectivity index is 2.69. The maximum atomic E-state index is 3.48. The first-order valence-corrected chi connectivity index (χ1v) is 7.24. The smallest absolute Gasteiger partial charge is 0.0377 e. The Morgan fingerprint density at radius 2 is 1.18 bits per heavy atom. The van der Waals surface area contributed by atoms with E-state index in [1.807, 2.05) is 0 Å². The average molecular weight is 196 g/mol. The van der Waals surface area contributed by atoms with Crippen molar-refractivity contribution in [1.82, 2.24) is 0 Å². The van der Waals surface area contributed by atoms with Gasteiger partial charge in [-0.15, -0.1) is 0 Å². The molecule has 0 aromatic rings. The van der Waals surface area contributed by atoms with Crippen molar-refractivity contribution in [3.05, 3.63) is 0 Å². The van der Waals surface area contributed by atoms with Crippen LogP contribution >= 0.6 is 0 Å². The summed E-state index contributed by atoms with van der Waals surface area (Å²) in [4.78, 5) is 0. The van der Waals surface area contributed by atoms with Gasteiger partial charge in [-0.25, -0.2) is 0 Å². The highest BCUT2D eigenvalue weighted by Gasteiger charge is 1.90. The first-order valence-electron chi connectivity index (χ1n) is 4.41. The Labute approximate surface area is 80.2 Å². The molecule has 0 atom stereocenters. The molecule has 8 radical (unpaired) electrons. The van der Waals surface area contributed by atoms with Crippen molar-refractivity contribution in [2.24, 2.45) is 0 Å². The minimum atomic E-state index is 1.17. The zero-order chi connectivity index (χ0) is 8.36. The summed E-state index contributed by atoms with van der Waals surface area (Å²) in [6.45, 7) is 0. The van der Waals surface area contributed by atoms with Crippen molar-refractivity contribution in [2.45, 2.75) is 49.9 Å². The molecule has 0 amide bonds. The lowest BCUT2D eigenvalue weighted by molar-refractivity contribution is 0.850. The molecular formula is C8H16Si3. The predicted octanol–water partition coefficient (Wildman–Crippen LogP) is 2.26. The second-order valence-corrected chi connectivity index (χ2v) is 5.16. The van der Waals surface area contributed by atoms with E-state index >= 15 is 0 Å². The third kappa shape index (κ3) is 10.7. The first kappa shape index (κ1) is 11.7. The van der Waals surface area contributed by atoms with Crippen LogP contribution in [0.15, 0.2) is 0 Å². The maximum Gasteiger partial charge on any atom is 0.0377 e. The fourth-order valence-corrected chi connectivity index (χ4v) is 2.62. The monoisotopic (exact) mass is 196 g/mol. The second-order valence-electron chi connectivity index (χ2n) is 2.66. The van der Waals surface area contributed by atoms with Crippen LogP contribution in [0, 0.1) is 0 Å². The molecule has 0 aromatic carbocycles. The normalized spacial score (nSPS) is 10.4. The molecule has 0 rings (SSSR count). The third-order valence-electron chi connectivity index (χ3n) is 1.56. The second kappa shape index (κ2) is 10.7. The number of hydrogen-bond acceptors (Lipinski definition) is 0. The summed E-state index contributed by atoms with van der Waals surface area (Å²) in [5.74, 6) is 0. The Morgan fingerprint density at radius 3 is 1.55 bits per heavy atom. The Morgan fingerprint density at radius 1 is 0.727 bits per heavy atom. The molecule has 0 nitrogen and oxygen atoms in total. The molecule has 0 saturated carbocycles. The van der Waals surface area contributed by atoms with E-state index in [0.717, 1.165) is 0 Å². The molecule has 0 aromatic heterocycles. The summed E-state index contributed by atoms with van der Waals surface area (Å²) in [6, 6.07) is 5.25. The van der Waals surface area contributed by atoms with Gasteiger partial charge < -0.3 is 0 Å². The van der Waals surface area contributed by atoms with E-state index in [9.17, 15) is 0 Å². The minimum Gasteiger partial charge on any atom is -0.0638 e. The van der Waals surface area contributed by atoms with Gasteiger partial charge in [0.05, 0.1) is 0 Å². The van der Waals surface area contributed by atoms with E-state index in [-0.39, 0.29) is 0 Å². The van der Waals surface area contributed by atoms with Crippen LogP contribution in [0.5, 0.6) is 0 Å². The highest BCUT2D eigenvalue weighted by atomic mass is 28.2. The van der Waals surface area contributed by atoms with Crippen LogP contribution in [-0.2, 0) is 0 Å². The Bertz CT molecular complexity index is 58.4. The van der Waals surface area contributed by atoms with E-state index in [1.165, 1.54) is 59.4 Å². The summed E-state index contributed by atoms with van der Waals surface area (Å²) in [5.41, 5.74) is 0. The van der Waals surface area contributed by atoms with E-state index in [2.05, 4.69) is 20.5 Å². The van der Waals surface area contributed by atoms with Gasteiger partial charge in [-0.1, -0.05) is 49.9 Å². The molecule has 0 fully saturated rings. The third-order valence-corrected chi connectivity index (χ3v) is 3.68. The van der Waals surface area contributed by atoms with Gasteiger partial charge in [0.15, 0.2) is 0 Å². The Kier molecular flexibility index (Phi) is 11.3. The van der Waals surface area contributed by atoms with Gasteiger partial charge in [-0.3, -0.25) is 0 Å². The largest absolute Gasteiger partial charge is 0.0638 e. The van der Waals surface area contributed by atoms with Gasteiger partial charge in [0.1, 0.15) is 0 Å². The summed E-state index contributed by atoms with van der Waals surface area (Å²) in [6.07, 6.45) is 5.52. The lowest BCUT2D eigenvalue weighted by atomic mass is 10.4. The summed E-state index contributed by atoms with van der Waals surface area (Å²) in [5, 5.41) is 0. The van der Waals surface area contributed by atoms with Crippen molar-refractivity contribution in [1.29, 1.82) is 0 Å². The Hall–Kier alpha value is 0.651. The van der Waals surface area contributed by atoms with Gasteiger partial charge in [-0.05, 0) is 0 Å². The molecule has 0 unspecified atom stereocenters. The predicted molar refractivity (Wildman–Crippen MR) is 55.0 cm³/mol. The molecule has 0 aliphatic rings. The molecule has 0 heterocycles. The molecule has 0 aliphatic heterocycles. The lowest BCUT2D eigenvalue weighted by Gasteiger charge is -1.97. The summed E-state index contributed by atoms with van der Waals surface area (Å²) >= 11 is 0. The van der Waals surface area contributed by atoms with E-state index in [1.54, 1.807) is 0 Å². The fourth-order valence-electron chi connectivity index (χ4n) is 0.875. The summed E-state index contributed by atoms with van der Waals surface area (Å²) in [7, 11) is 8.18. The maximum absolute atomic E-state index is 3.48. The van der Waals surface area contributed by atoms with Crippen LogP contribution in [0.25, 0.3) is 0 Å². The molecule has 0 bridgehead atoms. The molecule has 0 spiro atoms. The molecule has 3 heteroatoms. The first-order chi connectivity index (χ1) is 5.41. The fraction of sp³-hybridized carbons (Fsp3) is 1.00. The highest BCUT2D eigenvalue weighted by molar-refractivity contribution is 6.35. The van der Waals surface area contributed by atoms with Gasteiger partial charge in [-0.2, -0.15) is 0 Å². The molecule has 0 N–H and O–H groups in total. The van der Waals surface area contributed by atoms with Gasteiger partial charge in [0, 0.05) is 30.0 Å². The van der Waals surface area contributed by atoms with Gasteiger partial charge in [0.25, 0.3) is 0 Å². The van der Waals surface area contributed by atoms with Crippen LogP contribution in [0.4, 0.5) is 0 Å². The van der Waals surface area contributed by atoms with E-state index in [0.29, 0.717) is 0 Å². The van der Waals surface area contributed by atoms with E-state index in [4.69, 9.17) is 0 Å². The summed E-state index contributed by atoms with van der Waals surface area (Å²) < 4.78 is 0. The zero-order valence-electron chi connectivity index (χ0n) is 7.16. The van der Waals surface area contributed by atoms with E-state index < -0.39 is 0 Å². The molecule has 60 valence electrons. The van der Waals surface area contributed by atoms with Gasteiger partial charge in [0.2, 0.25) is 0 Å². The van der Waals surface area contributed by atoms with Gasteiger partial charge >= 0.3 is 0 Å². The number of unbranched alkanes of at least 4 members (excludes halogenated alkanes) is 2. The number of hydrogen-bond donors (Lipinski definition) is 0. The van der Waals surface area contributed by atoms with Crippen LogP contribution in [0.1, 0.15) is 25.7 Å². The quantitative estimate of drug-likeness (QED) is 0.413. The SMILES string of the molecule is [Si]CCCC[Si]CCCC[Si]. The molecule has 0 saturated heterocycles. The minimum absolute atomic E-state index is 1.17. The van der Waals surface area contributed by atoms with Crippen molar-refractivity contribution < 1.29 is 0 Å². The van der Waals surface area contributed by atoms with Crippen LogP contribution in [0.2, 0.25) is 24.2 Å².